The minimum Gasteiger partial charge on any atom is -0.345 e. The van der Waals surface area contributed by atoms with E-state index in [1.54, 1.807) is 4.90 Å². The summed E-state index contributed by atoms with van der Waals surface area (Å²) in [6.07, 6.45) is 5.12. The lowest BCUT2D eigenvalue weighted by atomic mass is 9.97. The van der Waals surface area contributed by atoms with E-state index < -0.39 is 0 Å². The van der Waals surface area contributed by atoms with Crippen LogP contribution in [0.2, 0.25) is 0 Å². The average molecular weight is 239 g/mol. The van der Waals surface area contributed by atoms with Crippen LogP contribution < -0.4 is 5.32 Å². The van der Waals surface area contributed by atoms with E-state index >= 15 is 0 Å². The zero-order valence-corrected chi connectivity index (χ0v) is 11.1. The molecular weight excluding hydrogens is 214 g/mol. The van der Waals surface area contributed by atoms with Crippen molar-refractivity contribution in [2.24, 2.45) is 0 Å². The summed E-state index contributed by atoms with van der Waals surface area (Å²) in [7, 11) is 1.86. The van der Waals surface area contributed by atoms with Crippen molar-refractivity contribution in [2.75, 3.05) is 33.2 Å². The Morgan fingerprint density at radius 1 is 1.41 bits per heavy atom. The van der Waals surface area contributed by atoms with Gasteiger partial charge < -0.3 is 15.1 Å². The molecule has 0 aliphatic carbocycles. The lowest BCUT2D eigenvalue weighted by molar-refractivity contribution is -0.128. The van der Waals surface area contributed by atoms with Crippen LogP contribution in [0, 0.1) is 0 Å². The zero-order valence-electron chi connectivity index (χ0n) is 11.1. The van der Waals surface area contributed by atoms with Gasteiger partial charge >= 0.3 is 0 Å². The molecule has 2 aliphatic heterocycles. The Balaban J connectivity index is 1.71. The molecule has 4 nitrogen and oxygen atoms in total. The SMILES string of the molecule is CCN(C)C(=O)CNC1CCN2CCCC2C1. The Bertz CT molecular complexity index is 269. The van der Waals surface area contributed by atoms with Crippen LogP contribution in [-0.4, -0.2) is 61.0 Å². The number of nitrogens with zero attached hydrogens (tertiary/aromatic N) is 2. The number of nitrogens with one attached hydrogen (secondary N) is 1. The summed E-state index contributed by atoms with van der Waals surface area (Å²) in [6, 6.07) is 1.32. The molecular formula is C13H25N3O. The van der Waals surface area contributed by atoms with Crippen LogP contribution in [-0.2, 0) is 4.79 Å². The number of likely N-dealkylation sites (N-methyl/N-ethyl adjacent to an activating group) is 1. The number of rotatable bonds is 4. The Labute approximate surface area is 104 Å². The Kier molecular flexibility index (Phi) is 4.40. The van der Waals surface area contributed by atoms with Gasteiger partial charge in [0, 0.05) is 25.7 Å². The highest BCUT2D eigenvalue weighted by molar-refractivity contribution is 5.77. The lowest BCUT2D eigenvalue weighted by Gasteiger charge is -2.35. The third-order valence-corrected chi connectivity index (χ3v) is 4.26. The van der Waals surface area contributed by atoms with Crippen molar-refractivity contribution in [3.63, 3.8) is 0 Å². The third-order valence-electron chi connectivity index (χ3n) is 4.26. The van der Waals surface area contributed by atoms with Gasteiger partial charge in [-0.05, 0) is 45.7 Å². The molecule has 0 bridgehead atoms. The summed E-state index contributed by atoms with van der Waals surface area (Å²) < 4.78 is 0. The summed E-state index contributed by atoms with van der Waals surface area (Å²) in [4.78, 5) is 16.1. The van der Waals surface area contributed by atoms with Crippen molar-refractivity contribution in [3.8, 4) is 0 Å². The summed E-state index contributed by atoms with van der Waals surface area (Å²) in [5, 5.41) is 3.43. The van der Waals surface area contributed by atoms with Gasteiger partial charge in [0.15, 0.2) is 0 Å². The molecule has 0 spiro atoms. The van der Waals surface area contributed by atoms with Crippen molar-refractivity contribution in [2.45, 2.75) is 44.7 Å². The molecule has 2 saturated heterocycles. The second-order valence-corrected chi connectivity index (χ2v) is 5.34. The van der Waals surface area contributed by atoms with Gasteiger partial charge in [0.25, 0.3) is 0 Å². The Hall–Kier alpha value is -0.610. The molecule has 98 valence electrons. The summed E-state index contributed by atoms with van der Waals surface area (Å²) >= 11 is 0. The van der Waals surface area contributed by atoms with Gasteiger partial charge in [-0.15, -0.1) is 0 Å². The molecule has 2 aliphatic rings. The molecule has 0 aromatic heterocycles. The van der Waals surface area contributed by atoms with Gasteiger partial charge in [0.2, 0.25) is 5.91 Å². The first-order valence-electron chi connectivity index (χ1n) is 6.92. The second kappa shape index (κ2) is 5.83. The Morgan fingerprint density at radius 2 is 2.24 bits per heavy atom. The number of carbonyl (C=O) groups is 1. The number of hydrogen-bond acceptors (Lipinski definition) is 3. The van der Waals surface area contributed by atoms with Crippen LogP contribution in [0.15, 0.2) is 0 Å². The highest BCUT2D eigenvalue weighted by Crippen LogP contribution is 2.26. The van der Waals surface area contributed by atoms with Gasteiger partial charge in [-0.1, -0.05) is 0 Å². The first kappa shape index (κ1) is 12.8. The van der Waals surface area contributed by atoms with Crippen molar-refractivity contribution < 1.29 is 4.79 Å². The van der Waals surface area contributed by atoms with Crippen LogP contribution in [0.1, 0.15) is 32.6 Å². The Morgan fingerprint density at radius 3 is 3.00 bits per heavy atom. The fraction of sp³-hybridized carbons (Fsp3) is 0.923. The molecule has 1 amide bonds. The normalized spacial score (nSPS) is 29.1. The highest BCUT2D eigenvalue weighted by atomic mass is 16.2. The number of piperidine rings is 1. The maximum Gasteiger partial charge on any atom is 0.236 e. The average Bonchev–Trinajstić information content (AvgIpc) is 2.82. The van der Waals surface area contributed by atoms with Gasteiger partial charge in [0.1, 0.15) is 0 Å². The first-order valence-corrected chi connectivity index (χ1v) is 6.92. The largest absolute Gasteiger partial charge is 0.345 e. The number of hydrogen-bond donors (Lipinski definition) is 1. The molecule has 1 N–H and O–H groups in total. The molecule has 0 radical (unpaired) electrons. The van der Waals surface area contributed by atoms with Gasteiger partial charge in [-0.3, -0.25) is 4.79 Å². The summed E-state index contributed by atoms with van der Waals surface area (Å²) in [5.74, 6) is 0.210. The third kappa shape index (κ3) is 3.19. The molecule has 0 aromatic carbocycles. The topological polar surface area (TPSA) is 35.6 Å². The molecule has 2 unspecified atom stereocenters. The van der Waals surface area contributed by atoms with E-state index in [0.29, 0.717) is 12.6 Å². The van der Waals surface area contributed by atoms with Gasteiger partial charge in [0.05, 0.1) is 6.54 Å². The second-order valence-electron chi connectivity index (χ2n) is 5.34. The predicted octanol–water partition coefficient (Wildman–Crippen LogP) is 0.681. The molecule has 2 rings (SSSR count). The van der Waals surface area contributed by atoms with E-state index in [1.165, 1.54) is 38.8 Å². The number of fused-ring (bicyclic) bond motifs is 1. The quantitative estimate of drug-likeness (QED) is 0.784. The minimum atomic E-state index is 0.210. The maximum absolute atomic E-state index is 11.7. The highest BCUT2D eigenvalue weighted by Gasteiger charge is 2.31. The van der Waals surface area contributed by atoms with Crippen LogP contribution in [0.3, 0.4) is 0 Å². The number of amides is 1. The monoisotopic (exact) mass is 239 g/mol. The molecule has 4 heteroatoms. The fourth-order valence-corrected chi connectivity index (χ4v) is 2.95. The molecule has 0 saturated carbocycles. The standard InChI is InChI=1S/C13H25N3O/c1-3-15(2)13(17)10-14-11-6-8-16-7-4-5-12(16)9-11/h11-12,14H,3-10H2,1-2H3. The molecule has 17 heavy (non-hydrogen) atoms. The van der Waals surface area contributed by atoms with E-state index in [9.17, 15) is 4.79 Å². The van der Waals surface area contributed by atoms with Gasteiger partial charge in [-0.2, -0.15) is 0 Å². The van der Waals surface area contributed by atoms with Crippen LogP contribution in [0.4, 0.5) is 0 Å². The fourth-order valence-electron chi connectivity index (χ4n) is 2.95. The van der Waals surface area contributed by atoms with E-state index in [0.717, 1.165) is 12.6 Å². The van der Waals surface area contributed by atoms with Crippen LogP contribution >= 0.6 is 0 Å². The van der Waals surface area contributed by atoms with Crippen molar-refractivity contribution in [1.29, 1.82) is 0 Å². The van der Waals surface area contributed by atoms with Crippen molar-refractivity contribution in [1.82, 2.24) is 15.1 Å². The first-order chi connectivity index (χ1) is 8.20. The molecule has 2 atom stereocenters. The van der Waals surface area contributed by atoms with Crippen LogP contribution in [0.25, 0.3) is 0 Å². The van der Waals surface area contributed by atoms with Crippen molar-refractivity contribution in [3.05, 3.63) is 0 Å². The molecule has 2 heterocycles. The van der Waals surface area contributed by atoms with Gasteiger partial charge in [-0.25, -0.2) is 0 Å². The smallest absolute Gasteiger partial charge is 0.236 e. The number of carbonyl (C=O) groups excluding carboxylic acids is 1. The zero-order chi connectivity index (χ0) is 12.3. The predicted molar refractivity (Wildman–Crippen MR) is 68.9 cm³/mol. The van der Waals surface area contributed by atoms with E-state index in [4.69, 9.17) is 0 Å². The lowest BCUT2D eigenvalue weighted by Crippen LogP contribution is -2.48. The van der Waals surface area contributed by atoms with E-state index in [1.807, 2.05) is 14.0 Å². The molecule has 2 fully saturated rings. The summed E-state index contributed by atoms with van der Waals surface area (Å²) in [5.41, 5.74) is 0. The van der Waals surface area contributed by atoms with Crippen LogP contribution in [0.5, 0.6) is 0 Å². The van der Waals surface area contributed by atoms with E-state index in [-0.39, 0.29) is 5.91 Å². The maximum atomic E-state index is 11.7. The van der Waals surface area contributed by atoms with E-state index in [2.05, 4.69) is 10.2 Å². The van der Waals surface area contributed by atoms with Crippen molar-refractivity contribution >= 4 is 5.91 Å². The minimum absolute atomic E-state index is 0.210. The molecule has 0 aromatic rings. The summed E-state index contributed by atoms with van der Waals surface area (Å²) in [6.45, 7) is 5.80.